The predicted molar refractivity (Wildman–Crippen MR) is 71.8 cm³/mol. The summed E-state index contributed by atoms with van der Waals surface area (Å²) in [6, 6.07) is 2.20. The first-order chi connectivity index (χ1) is 7.95. The van der Waals surface area contributed by atoms with Gasteiger partial charge in [-0.05, 0) is 48.1 Å². The van der Waals surface area contributed by atoms with Crippen LogP contribution in [0.4, 0.5) is 14.5 Å². The van der Waals surface area contributed by atoms with Crippen molar-refractivity contribution in [3.05, 3.63) is 39.0 Å². The van der Waals surface area contributed by atoms with E-state index in [0.717, 1.165) is 18.6 Å². The first-order valence-electron chi connectivity index (χ1n) is 5.08. The normalized spacial score (nSPS) is 11.5. The maximum Gasteiger partial charge on any atom is 0.250 e. The molecule has 0 aromatic heterocycles. The molecule has 2 nitrogen and oxygen atoms in total. The molecule has 0 bridgehead atoms. The van der Waals surface area contributed by atoms with E-state index in [-0.39, 0.29) is 15.2 Å². The van der Waals surface area contributed by atoms with Crippen LogP contribution in [0.15, 0.2) is 23.8 Å². The molecule has 0 aliphatic rings. The Morgan fingerprint density at radius 1 is 1.41 bits per heavy atom. The van der Waals surface area contributed by atoms with Gasteiger partial charge in [0, 0.05) is 11.3 Å². The van der Waals surface area contributed by atoms with E-state index in [9.17, 15) is 13.6 Å². The fraction of sp³-hybridized carbons (Fsp3) is 0.250. The number of benzene rings is 1. The molecule has 1 N–H and O–H groups in total. The molecule has 1 amide bonds. The summed E-state index contributed by atoms with van der Waals surface area (Å²) in [4.78, 5) is 11.6. The lowest BCUT2D eigenvalue weighted by Crippen LogP contribution is -2.13. The van der Waals surface area contributed by atoms with E-state index in [0.29, 0.717) is 5.57 Å². The van der Waals surface area contributed by atoms with E-state index in [2.05, 4.69) is 5.32 Å². The smallest absolute Gasteiger partial charge is 0.250 e. The molecule has 92 valence electrons. The third-order valence-electron chi connectivity index (χ3n) is 2.11. The molecular formula is C12H12F2INO. The van der Waals surface area contributed by atoms with Gasteiger partial charge in [0.05, 0.1) is 3.57 Å². The molecule has 0 heterocycles. The van der Waals surface area contributed by atoms with Crippen LogP contribution in [0.25, 0.3) is 0 Å². The van der Waals surface area contributed by atoms with Gasteiger partial charge in [-0.2, -0.15) is 0 Å². The Kier molecular flexibility index (Phi) is 5.04. The van der Waals surface area contributed by atoms with Gasteiger partial charge in [0.2, 0.25) is 0 Å². The highest BCUT2D eigenvalue weighted by Gasteiger charge is 2.10. The van der Waals surface area contributed by atoms with Crippen molar-refractivity contribution < 1.29 is 13.6 Å². The first-order valence-corrected chi connectivity index (χ1v) is 6.16. The molecule has 0 atom stereocenters. The molecule has 1 rings (SSSR count). The number of halogens is 3. The van der Waals surface area contributed by atoms with E-state index in [4.69, 9.17) is 0 Å². The lowest BCUT2D eigenvalue weighted by molar-refractivity contribution is -0.112. The minimum Gasteiger partial charge on any atom is -0.322 e. The zero-order valence-electron chi connectivity index (χ0n) is 9.48. The number of carbonyl (C=O) groups excluding carboxylic acids is 1. The van der Waals surface area contributed by atoms with Gasteiger partial charge in [-0.1, -0.05) is 13.0 Å². The number of hydrogen-bond donors (Lipinski definition) is 1. The van der Waals surface area contributed by atoms with Gasteiger partial charge in [-0.25, -0.2) is 8.78 Å². The van der Waals surface area contributed by atoms with Crippen molar-refractivity contribution in [2.24, 2.45) is 0 Å². The predicted octanol–water partition coefficient (Wildman–Crippen LogP) is 3.86. The lowest BCUT2D eigenvalue weighted by Gasteiger charge is -2.07. The molecule has 0 fully saturated rings. The molecule has 0 aliphatic heterocycles. The van der Waals surface area contributed by atoms with Crippen LogP contribution in [-0.4, -0.2) is 5.91 Å². The Morgan fingerprint density at radius 3 is 2.41 bits per heavy atom. The molecule has 0 radical (unpaired) electrons. The minimum absolute atomic E-state index is 0.0820. The van der Waals surface area contributed by atoms with E-state index in [1.54, 1.807) is 35.6 Å². The summed E-state index contributed by atoms with van der Waals surface area (Å²) in [5.41, 5.74) is 0.640. The van der Waals surface area contributed by atoms with Gasteiger partial charge in [0.15, 0.2) is 0 Å². The summed E-state index contributed by atoms with van der Waals surface area (Å²) in [6.45, 7) is 3.55. The van der Waals surface area contributed by atoms with Crippen LogP contribution in [0.2, 0.25) is 0 Å². The fourth-order valence-corrected chi connectivity index (χ4v) is 1.57. The van der Waals surface area contributed by atoms with Crippen LogP contribution >= 0.6 is 22.6 Å². The second kappa shape index (κ2) is 6.09. The van der Waals surface area contributed by atoms with Crippen molar-refractivity contribution in [2.75, 3.05) is 5.32 Å². The Hall–Kier alpha value is -0.980. The van der Waals surface area contributed by atoms with Crippen LogP contribution in [0, 0.1) is 15.2 Å². The standard InChI is InChI=1S/C12H12F2INO/c1-3-4-7(2)12(17)16-8-5-9(13)11(15)10(14)6-8/h4-6H,3H2,1-2H3,(H,16,17)/b7-4-. The Labute approximate surface area is 112 Å². The van der Waals surface area contributed by atoms with Crippen LogP contribution in [0.1, 0.15) is 20.3 Å². The highest BCUT2D eigenvalue weighted by atomic mass is 127. The van der Waals surface area contributed by atoms with Gasteiger partial charge in [-0.3, -0.25) is 4.79 Å². The number of anilines is 1. The Morgan fingerprint density at radius 2 is 1.94 bits per heavy atom. The summed E-state index contributed by atoms with van der Waals surface area (Å²) in [5.74, 6) is -1.72. The van der Waals surface area contributed by atoms with Gasteiger partial charge in [0.25, 0.3) is 5.91 Å². The average Bonchev–Trinajstić information content (AvgIpc) is 2.26. The highest BCUT2D eigenvalue weighted by molar-refractivity contribution is 14.1. The van der Waals surface area contributed by atoms with Crippen LogP contribution in [0.3, 0.4) is 0 Å². The van der Waals surface area contributed by atoms with E-state index < -0.39 is 11.6 Å². The van der Waals surface area contributed by atoms with Crippen molar-refractivity contribution in [2.45, 2.75) is 20.3 Å². The summed E-state index contributed by atoms with van der Waals surface area (Å²) in [7, 11) is 0. The Balaban J connectivity index is 2.90. The molecule has 1 aromatic rings. The second-order valence-corrected chi connectivity index (χ2v) is 4.58. The SMILES string of the molecule is CC/C=C(/C)C(=O)Nc1cc(F)c(I)c(F)c1. The van der Waals surface area contributed by atoms with Gasteiger partial charge in [-0.15, -0.1) is 0 Å². The maximum absolute atomic E-state index is 13.2. The summed E-state index contributed by atoms with van der Waals surface area (Å²) < 4.78 is 26.4. The van der Waals surface area contributed by atoms with Gasteiger partial charge in [0.1, 0.15) is 11.6 Å². The largest absolute Gasteiger partial charge is 0.322 e. The zero-order valence-corrected chi connectivity index (χ0v) is 11.6. The molecular weight excluding hydrogens is 339 g/mol. The van der Waals surface area contributed by atoms with Crippen molar-refractivity contribution in [1.29, 1.82) is 0 Å². The number of amides is 1. The van der Waals surface area contributed by atoms with Crippen molar-refractivity contribution >= 4 is 34.2 Å². The van der Waals surface area contributed by atoms with E-state index in [1.807, 2.05) is 6.92 Å². The molecule has 0 saturated carbocycles. The van der Waals surface area contributed by atoms with E-state index >= 15 is 0 Å². The number of allylic oxidation sites excluding steroid dienone is 1. The summed E-state index contributed by atoms with van der Waals surface area (Å²) in [5, 5.41) is 2.44. The third-order valence-corrected chi connectivity index (χ3v) is 3.14. The molecule has 1 aromatic carbocycles. The van der Waals surface area contributed by atoms with Crippen molar-refractivity contribution in [1.82, 2.24) is 0 Å². The van der Waals surface area contributed by atoms with E-state index in [1.165, 1.54) is 0 Å². The van der Waals surface area contributed by atoms with Gasteiger partial charge >= 0.3 is 0 Å². The quantitative estimate of drug-likeness (QED) is 0.500. The molecule has 0 aliphatic carbocycles. The average molecular weight is 351 g/mol. The topological polar surface area (TPSA) is 29.1 Å². The molecule has 0 unspecified atom stereocenters. The monoisotopic (exact) mass is 351 g/mol. The van der Waals surface area contributed by atoms with Crippen LogP contribution in [-0.2, 0) is 4.79 Å². The number of rotatable bonds is 3. The first kappa shape index (κ1) is 14.1. The van der Waals surface area contributed by atoms with Crippen molar-refractivity contribution in [3.63, 3.8) is 0 Å². The summed E-state index contributed by atoms with van der Waals surface area (Å²) >= 11 is 1.57. The fourth-order valence-electron chi connectivity index (χ4n) is 1.26. The summed E-state index contributed by atoms with van der Waals surface area (Å²) in [6.07, 6.45) is 2.48. The Bertz CT molecular complexity index is 449. The zero-order chi connectivity index (χ0) is 13.0. The second-order valence-electron chi connectivity index (χ2n) is 3.50. The highest BCUT2D eigenvalue weighted by Crippen LogP contribution is 2.20. The molecule has 0 saturated heterocycles. The maximum atomic E-state index is 13.2. The number of carbonyl (C=O) groups is 1. The third kappa shape index (κ3) is 3.76. The molecule has 0 spiro atoms. The lowest BCUT2D eigenvalue weighted by atomic mass is 10.2. The number of hydrogen-bond acceptors (Lipinski definition) is 1. The minimum atomic E-state index is -0.682. The molecule has 5 heteroatoms. The van der Waals surface area contributed by atoms with Gasteiger partial charge < -0.3 is 5.32 Å². The number of nitrogens with one attached hydrogen (secondary N) is 1. The van der Waals surface area contributed by atoms with Crippen molar-refractivity contribution in [3.8, 4) is 0 Å². The van der Waals surface area contributed by atoms with Crippen LogP contribution in [0.5, 0.6) is 0 Å². The van der Waals surface area contributed by atoms with Crippen LogP contribution < -0.4 is 5.32 Å². The molecule has 17 heavy (non-hydrogen) atoms.